The van der Waals surface area contributed by atoms with E-state index in [2.05, 4.69) is 27.8 Å². The molecule has 62 heavy (non-hydrogen) atoms. The lowest BCUT2D eigenvalue weighted by Gasteiger charge is -2.29. The molecule has 4 aromatic carbocycles. The zero-order chi connectivity index (χ0) is 43.2. The van der Waals surface area contributed by atoms with Gasteiger partial charge in [-0.3, -0.25) is 39.4 Å². The number of fused-ring (bicyclic) bond motifs is 1. The standard InChI is InChI=1S/C48H38N6O8/c55-44-24-23-42(47(58)52-44)53-29-39-31(8-5-9-38(39)48(53)59)7-3-1-2-4-25-49-45(56)33-15-19-36(20-16-33)50-46(57)34-13-11-30(12-14-34)35-27-40(32-17-21-37(22-18-32)54(60)61)51-41(28-35)43-10-6-26-62-43/h5-6,8-22,26-28,42H,1-2,4,23-25,29H2,(H,49,56)(H,50,57)(H,52,55,58). The minimum atomic E-state index is -0.682. The van der Waals surface area contributed by atoms with Crippen molar-refractivity contribution in [3.8, 4) is 45.7 Å². The summed E-state index contributed by atoms with van der Waals surface area (Å²) >= 11 is 0. The largest absolute Gasteiger partial charge is 0.463 e. The number of carbonyl (C=O) groups excluding carboxylic acids is 5. The summed E-state index contributed by atoms with van der Waals surface area (Å²) in [5.41, 5.74) is 6.91. The lowest BCUT2D eigenvalue weighted by atomic mass is 10.00. The number of amides is 5. The molecule has 14 nitrogen and oxygen atoms in total. The van der Waals surface area contributed by atoms with Crippen molar-refractivity contribution in [2.45, 2.75) is 44.7 Å². The van der Waals surface area contributed by atoms with Crippen LogP contribution < -0.4 is 16.0 Å². The zero-order valence-electron chi connectivity index (χ0n) is 33.2. The van der Waals surface area contributed by atoms with Crippen molar-refractivity contribution in [2.75, 3.05) is 11.9 Å². The number of furan rings is 1. The average molecular weight is 827 g/mol. The Morgan fingerprint density at radius 3 is 2.29 bits per heavy atom. The van der Waals surface area contributed by atoms with Crippen LogP contribution in [0.1, 0.15) is 74.3 Å². The number of non-ortho nitro benzene ring substituents is 1. The van der Waals surface area contributed by atoms with Gasteiger partial charge in [0.2, 0.25) is 11.8 Å². The highest BCUT2D eigenvalue weighted by Crippen LogP contribution is 2.32. The van der Waals surface area contributed by atoms with Gasteiger partial charge in [-0.2, -0.15) is 0 Å². The first-order valence-corrected chi connectivity index (χ1v) is 20.0. The topological polar surface area (TPSA) is 194 Å². The maximum atomic E-state index is 13.2. The van der Waals surface area contributed by atoms with E-state index in [1.165, 1.54) is 17.0 Å². The van der Waals surface area contributed by atoms with Crippen molar-refractivity contribution < 1.29 is 33.3 Å². The van der Waals surface area contributed by atoms with Gasteiger partial charge in [0.25, 0.3) is 23.4 Å². The number of carbonyl (C=O) groups is 5. The van der Waals surface area contributed by atoms with Crippen molar-refractivity contribution in [1.82, 2.24) is 20.5 Å². The number of imide groups is 1. The highest BCUT2D eigenvalue weighted by Gasteiger charge is 2.39. The molecule has 1 atom stereocenters. The maximum absolute atomic E-state index is 13.2. The maximum Gasteiger partial charge on any atom is 0.269 e. The molecule has 1 saturated heterocycles. The molecule has 1 fully saturated rings. The first-order chi connectivity index (χ1) is 30.1. The van der Waals surface area contributed by atoms with Crippen molar-refractivity contribution in [1.29, 1.82) is 0 Å². The second-order valence-electron chi connectivity index (χ2n) is 14.8. The molecule has 3 N–H and O–H groups in total. The van der Waals surface area contributed by atoms with Crippen LogP contribution in [-0.4, -0.2) is 56.9 Å². The molecule has 0 bridgehead atoms. The van der Waals surface area contributed by atoms with E-state index in [9.17, 15) is 34.1 Å². The van der Waals surface area contributed by atoms with E-state index in [1.54, 1.807) is 79.1 Å². The minimum absolute atomic E-state index is 0.0202. The third-order valence-electron chi connectivity index (χ3n) is 10.7. The molecular weight excluding hydrogens is 789 g/mol. The van der Waals surface area contributed by atoms with Gasteiger partial charge < -0.3 is 20.0 Å². The predicted octanol–water partition coefficient (Wildman–Crippen LogP) is 7.55. The number of hydrogen-bond acceptors (Lipinski definition) is 9. The number of rotatable bonds is 12. The Kier molecular flexibility index (Phi) is 11.8. The minimum Gasteiger partial charge on any atom is -0.463 e. The van der Waals surface area contributed by atoms with Crippen molar-refractivity contribution >= 4 is 40.9 Å². The van der Waals surface area contributed by atoms with Gasteiger partial charge in [0, 0.05) is 71.6 Å². The molecule has 0 spiro atoms. The number of nitro benzene ring substituents is 1. The van der Waals surface area contributed by atoms with E-state index < -0.39 is 16.9 Å². The SMILES string of the molecule is O=C1CCC(N2Cc3c(C#CCCCCNC(=O)c4ccc(NC(=O)c5ccc(-c6cc(-c7ccc([N+](=O)[O-])cc7)nc(-c7ccco7)c6)cc5)cc4)cccc3C2=O)C(=O)N1. The lowest BCUT2D eigenvalue weighted by Crippen LogP contribution is -2.52. The molecule has 308 valence electrons. The molecule has 8 rings (SSSR count). The molecule has 14 heteroatoms. The normalized spacial score (nSPS) is 14.4. The Morgan fingerprint density at radius 1 is 0.839 bits per heavy atom. The number of anilines is 1. The fourth-order valence-corrected chi connectivity index (χ4v) is 7.37. The van der Waals surface area contributed by atoms with Crippen LogP contribution in [0.15, 0.2) is 126 Å². The number of nitro groups is 1. The quantitative estimate of drug-likeness (QED) is 0.0367. The second kappa shape index (κ2) is 18.0. The van der Waals surface area contributed by atoms with Crippen LogP contribution in [0.4, 0.5) is 11.4 Å². The summed E-state index contributed by atoms with van der Waals surface area (Å²) in [6.07, 6.45) is 4.08. The smallest absolute Gasteiger partial charge is 0.269 e. The lowest BCUT2D eigenvalue weighted by molar-refractivity contribution is -0.384. The Bertz CT molecular complexity index is 2770. The van der Waals surface area contributed by atoms with Gasteiger partial charge in [-0.05, 0) is 121 Å². The number of pyridine rings is 1. The third kappa shape index (κ3) is 9.02. The summed E-state index contributed by atoms with van der Waals surface area (Å²) in [6, 6.07) is 31.9. The average Bonchev–Trinajstić information content (AvgIpc) is 3.95. The van der Waals surface area contributed by atoms with E-state index in [0.717, 1.165) is 28.7 Å². The summed E-state index contributed by atoms with van der Waals surface area (Å²) in [7, 11) is 0. The van der Waals surface area contributed by atoms with Gasteiger partial charge in [-0.15, -0.1) is 0 Å². The first kappa shape index (κ1) is 40.6. The second-order valence-corrected chi connectivity index (χ2v) is 14.8. The number of aromatic nitrogens is 1. The summed E-state index contributed by atoms with van der Waals surface area (Å²) < 4.78 is 5.60. The summed E-state index contributed by atoms with van der Waals surface area (Å²) in [5.74, 6) is 5.31. The molecule has 4 heterocycles. The Morgan fingerprint density at radius 2 is 1.56 bits per heavy atom. The van der Waals surface area contributed by atoms with Crippen LogP contribution in [0.2, 0.25) is 0 Å². The molecule has 6 aromatic rings. The molecular formula is C48H38N6O8. The van der Waals surface area contributed by atoms with Gasteiger partial charge in [-0.1, -0.05) is 30.0 Å². The molecule has 2 aliphatic heterocycles. The fraction of sp³-hybridized carbons (Fsp3) is 0.167. The zero-order valence-corrected chi connectivity index (χ0v) is 33.2. The fourth-order valence-electron chi connectivity index (χ4n) is 7.37. The van der Waals surface area contributed by atoms with Gasteiger partial charge >= 0.3 is 0 Å². The molecule has 0 saturated carbocycles. The molecule has 1 unspecified atom stereocenters. The van der Waals surface area contributed by atoms with E-state index in [0.29, 0.717) is 70.9 Å². The monoisotopic (exact) mass is 826 g/mol. The number of hydrogen-bond donors (Lipinski definition) is 3. The Hall–Kier alpha value is -8.18. The number of benzene rings is 4. The van der Waals surface area contributed by atoms with Crippen LogP contribution in [0.3, 0.4) is 0 Å². The number of piperidine rings is 1. The molecule has 5 amide bonds. The van der Waals surface area contributed by atoms with Gasteiger partial charge in [-0.25, -0.2) is 4.98 Å². The van der Waals surface area contributed by atoms with E-state index in [-0.39, 0.29) is 42.3 Å². The van der Waals surface area contributed by atoms with Crippen molar-refractivity contribution in [3.05, 3.63) is 159 Å². The van der Waals surface area contributed by atoms with Crippen LogP contribution >= 0.6 is 0 Å². The van der Waals surface area contributed by atoms with Crippen LogP contribution in [0, 0.1) is 22.0 Å². The predicted molar refractivity (Wildman–Crippen MR) is 229 cm³/mol. The van der Waals surface area contributed by atoms with Gasteiger partial charge in [0.1, 0.15) is 11.7 Å². The van der Waals surface area contributed by atoms with Gasteiger partial charge in [0.15, 0.2) is 5.76 Å². The molecule has 2 aliphatic rings. The molecule has 2 aromatic heterocycles. The number of nitrogens with one attached hydrogen (secondary N) is 3. The molecule has 0 radical (unpaired) electrons. The van der Waals surface area contributed by atoms with Gasteiger partial charge in [0.05, 0.1) is 16.9 Å². The molecule has 0 aliphatic carbocycles. The summed E-state index contributed by atoms with van der Waals surface area (Å²) in [4.78, 5) is 80.0. The Balaban J connectivity index is 0.813. The number of unbranched alkanes of at least 4 members (excludes halogenated alkanes) is 2. The van der Waals surface area contributed by atoms with Crippen LogP contribution in [0.25, 0.3) is 33.8 Å². The number of nitrogens with zero attached hydrogens (tertiary/aromatic N) is 3. The summed E-state index contributed by atoms with van der Waals surface area (Å²) in [5, 5.41) is 19.3. The van der Waals surface area contributed by atoms with E-state index >= 15 is 0 Å². The summed E-state index contributed by atoms with van der Waals surface area (Å²) in [6.45, 7) is 0.715. The highest BCUT2D eigenvalue weighted by atomic mass is 16.6. The first-order valence-electron chi connectivity index (χ1n) is 20.0. The highest BCUT2D eigenvalue weighted by molar-refractivity contribution is 6.06. The van der Waals surface area contributed by atoms with Crippen molar-refractivity contribution in [3.63, 3.8) is 0 Å². The van der Waals surface area contributed by atoms with Crippen LogP contribution in [-0.2, 0) is 16.1 Å². The third-order valence-corrected chi connectivity index (χ3v) is 10.7. The van der Waals surface area contributed by atoms with E-state index in [1.807, 2.05) is 30.3 Å². The van der Waals surface area contributed by atoms with Crippen molar-refractivity contribution in [2.24, 2.45) is 0 Å². The van der Waals surface area contributed by atoms with E-state index in [4.69, 9.17) is 9.40 Å². The van der Waals surface area contributed by atoms with Crippen LogP contribution in [0.5, 0.6) is 0 Å². The Labute approximate surface area is 355 Å².